The number of halogens is 1. The summed E-state index contributed by atoms with van der Waals surface area (Å²) in [5.41, 5.74) is 10.5. The predicted molar refractivity (Wildman–Crippen MR) is 128 cm³/mol. The third-order valence-corrected chi connectivity index (χ3v) is 6.32. The summed E-state index contributed by atoms with van der Waals surface area (Å²) >= 11 is 7.66. The van der Waals surface area contributed by atoms with Crippen molar-refractivity contribution in [2.45, 2.75) is 33.4 Å². The highest BCUT2D eigenvalue weighted by atomic mass is 35.5. The maximum absolute atomic E-state index is 12.1. The zero-order valence-corrected chi connectivity index (χ0v) is 19.3. The van der Waals surface area contributed by atoms with Gasteiger partial charge in [-0.15, -0.1) is 11.8 Å². The van der Waals surface area contributed by atoms with Crippen molar-refractivity contribution in [3.63, 3.8) is 0 Å². The molecule has 0 unspecified atom stereocenters. The number of nitrogens with one attached hydrogen (secondary N) is 1. The molecule has 1 amide bonds. The number of hydrazone groups is 1. The Balaban J connectivity index is 1.62. The number of para-hydroxylation sites is 1. The summed E-state index contributed by atoms with van der Waals surface area (Å²) < 4.78 is 2.24. The summed E-state index contributed by atoms with van der Waals surface area (Å²) in [5.74, 6) is 0.879. The highest BCUT2D eigenvalue weighted by Gasteiger charge is 2.13. The van der Waals surface area contributed by atoms with E-state index in [9.17, 15) is 4.79 Å². The fourth-order valence-electron chi connectivity index (χ4n) is 3.50. The quantitative estimate of drug-likeness (QED) is 0.376. The number of nitrogens with zero attached hydrogens (tertiary/aromatic N) is 2. The maximum Gasteiger partial charge on any atom is 0.250 e. The van der Waals surface area contributed by atoms with Crippen LogP contribution in [-0.2, 0) is 10.5 Å². The van der Waals surface area contributed by atoms with Crippen LogP contribution in [0.5, 0.6) is 0 Å². The zero-order chi connectivity index (χ0) is 21.7. The normalized spacial score (nSPS) is 11.2. The second kappa shape index (κ2) is 10.0. The molecule has 0 aliphatic heterocycles. The lowest BCUT2D eigenvalue weighted by Crippen LogP contribution is -2.19. The molecular formula is C24H26ClN3OS. The van der Waals surface area contributed by atoms with Crippen molar-refractivity contribution in [2.75, 3.05) is 5.75 Å². The Morgan fingerprint density at radius 1 is 1.10 bits per heavy atom. The number of hydrogen-bond donors (Lipinski definition) is 1. The topological polar surface area (TPSA) is 46.4 Å². The van der Waals surface area contributed by atoms with Crippen LogP contribution in [0.2, 0.25) is 5.02 Å². The van der Waals surface area contributed by atoms with Gasteiger partial charge in [0, 0.05) is 27.7 Å². The number of carbonyl (C=O) groups excluding carboxylic acids is 1. The molecule has 0 aliphatic rings. The number of hydrogen-bond acceptors (Lipinski definition) is 3. The van der Waals surface area contributed by atoms with Crippen molar-refractivity contribution in [3.05, 3.63) is 87.2 Å². The lowest BCUT2D eigenvalue weighted by Gasteiger charge is -2.15. The number of aromatic nitrogens is 1. The van der Waals surface area contributed by atoms with Crippen LogP contribution in [0.3, 0.4) is 0 Å². The summed E-state index contributed by atoms with van der Waals surface area (Å²) in [6.45, 7) is 8.40. The van der Waals surface area contributed by atoms with Crippen molar-refractivity contribution in [1.29, 1.82) is 0 Å². The average molecular weight is 440 g/mol. The molecule has 6 heteroatoms. The molecule has 1 N–H and O–H groups in total. The van der Waals surface area contributed by atoms with Gasteiger partial charge in [0.2, 0.25) is 5.91 Å². The molecule has 1 heterocycles. The van der Waals surface area contributed by atoms with E-state index in [1.165, 1.54) is 28.6 Å². The van der Waals surface area contributed by atoms with Crippen molar-refractivity contribution >= 4 is 35.5 Å². The van der Waals surface area contributed by atoms with Crippen LogP contribution < -0.4 is 5.43 Å². The van der Waals surface area contributed by atoms with E-state index in [-0.39, 0.29) is 5.91 Å². The van der Waals surface area contributed by atoms with E-state index in [1.807, 2.05) is 24.3 Å². The van der Waals surface area contributed by atoms with Crippen LogP contribution in [0.4, 0.5) is 0 Å². The minimum Gasteiger partial charge on any atom is -0.317 e. The zero-order valence-electron chi connectivity index (χ0n) is 17.7. The minimum absolute atomic E-state index is 0.133. The second-order valence-electron chi connectivity index (χ2n) is 7.28. The van der Waals surface area contributed by atoms with Crippen LogP contribution in [0.25, 0.3) is 5.69 Å². The number of amides is 1. The first-order chi connectivity index (χ1) is 14.4. The van der Waals surface area contributed by atoms with E-state index in [0.717, 1.165) is 27.5 Å². The van der Waals surface area contributed by atoms with Gasteiger partial charge in [0.25, 0.3) is 0 Å². The standard InChI is InChI=1S/C24H26ClN3OS/c1-16-8-7-9-17(2)24(16)28-18(3)12-21(19(28)4)13-26-27-23(29)15-30-14-20-10-5-6-11-22(20)25/h5-13H,14-15H2,1-4H3,(H,27,29)/b26-13-. The summed E-state index contributed by atoms with van der Waals surface area (Å²) in [7, 11) is 0. The number of carbonyl (C=O) groups is 1. The molecule has 3 rings (SSSR count). The van der Waals surface area contributed by atoms with Gasteiger partial charge in [-0.05, 0) is 56.5 Å². The molecule has 0 radical (unpaired) electrons. The third kappa shape index (κ3) is 5.15. The van der Waals surface area contributed by atoms with E-state index in [2.05, 4.69) is 67.1 Å². The molecule has 156 valence electrons. The van der Waals surface area contributed by atoms with Crippen LogP contribution in [0.1, 0.15) is 33.6 Å². The van der Waals surface area contributed by atoms with E-state index in [1.54, 1.807) is 6.21 Å². The molecule has 0 saturated heterocycles. The second-order valence-corrected chi connectivity index (χ2v) is 8.67. The van der Waals surface area contributed by atoms with E-state index in [4.69, 9.17) is 11.6 Å². The molecule has 0 atom stereocenters. The van der Waals surface area contributed by atoms with Crippen LogP contribution in [0, 0.1) is 27.7 Å². The van der Waals surface area contributed by atoms with Gasteiger partial charge in [-0.25, -0.2) is 5.43 Å². The van der Waals surface area contributed by atoms with E-state index < -0.39 is 0 Å². The summed E-state index contributed by atoms with van der Waals surface area (Å²) in [6, 6.07) is 16.1. The molecule has 3 aromatic rings. The summed E-state index contributed by atoms with van der Waals surface area (Å²) in [4.78, 5) is 12.1. The SMILES string of the molecule is Cc1cccc(C)c1-n1c(C)cc(/C=N\NC(=O)CSCc2ccccc2Cl)c1C. The molecule has 0 bridgehead atoms. The fraction of sp³-hybridized carbons (Fsp3) is 0.250. The third-order valence-electron chi connectivity index (χ3n) is 4.97. The lowest BCUT2D eigenvalue weighted by molar-refractivity contribution is -0.118. The maximum atomic E-state index is 12.1. The van der Waals surface area contributed by atoms with Crippen molar-refractivity contribution in [3.8, 4) is 5.69 Å². The van der Waals surface area contributed by atoms with Gasteiger partial charge in [0.15, 0.2) is 0 Å². The number of benzene rings is 2. The highest BCUT2D eigenvalue weighted by molar-refractivity contribution is 7.99. The Morgan fingerprint density at radius 3 is 2.50 bits per heavy atom. The monoisotopic (exact) mass is 439 g/mol. The van der Waals surface area contributed by atoms with Crippen molar-refractivity contribution < 1.29 is 4.79 Å². The first-order valence-electron chi connectivity index (χ1n) is 9.77. The van der Waals surface area contributed by atoms with Crippen LogP contribution in [0.15, 0.2) is 53.6 Å². The smallest absolute Gasteiger partial charge is 0.250 e. The average Bonchev–Trinajstić information content (AvgIpc) is 2.97. The largest absolute Gasteiger partial charge is 0.317 e. The highest BCUT2D eigenvalue weighted by Crippen LogP contribution is 2.25. The van der Waals surface area contributed by atoms with Crippen LogP contribution >= 0.6 is 23.4 Å². The molecule has 0 aliphatic carbocycles. The molecule has 30 heavy (non-hydrogen) atoms. The molecule has 0 spiro atoms. The van der Waals surface area contributed by atoms with Gasteiger partial charge in [-0.1, -0.05) is 48.0 Å². The van der Waals surface area contributed by atoms with E-state index in [0.29, 0.717) is 11.5 Å². The Kier molecular flexibility index (Phi) is 7.40. The Labute approximate surface area is 187 Å². The van der Waals surface area contributed by atoms with Gasteiger partial charge >= 0.3 is 0 Å². The first-order valence-corrected chi connectivity index (χ1v) is 11.3. The van der Waals surface area contributed by atoms with Gasteiger partial charge in [-0.3, -0.25) is 4.79 Å². The summed E-state index contributed by atoms with van der Waals surface area (Å²) in [5, 5.41) is 4.89. The fourth-order valence-corrected chi connectivity index (χ4v) is 4.60. The molecule has 2 aromatic carbocycles. The Bertz CT molecular complexity index is 1070. The number of rotatable bonds is 7. The molecule has 0 saturated carbocycles. The van der Waals surface area contributed by atoms with Gasteiger partial charge < -0.3 is 4.57 Å². The van der Waals surface area contributed by atoms with Gasteiger partial charge in [-0.2, -0.15) is 5.10 Å². The van der Waals surface area contributed by atoms with Crippen molar-refractivity contribution in [2.24, 2.45) is 5.10 Å². The number of thioether (sulfide) groups is 1. The summed E-state index contributed by atoms with van der Waals surface area (Å²) in [6.07, 6.45) is 1.71. The molecule has 0 fully saturated rings. The number of aryl methyl sites for hydroxylation is 3. The molecular weight excluding hydrogens is 414 g/mol. The van der Waals surface area contributed by atoms with Gasteiger partial charge in [0.05, 0.1) is 17.7 Å². The van der Waals surface area contributed by atoms with Crippen molar-refractivity contribution in [1.82, 2.24) is 9.99 Å². The first kappa shape index (κ1) is 22.2. The lowest BCUT2D eigenvalue weighted by atomic mass is 10.1. The van der Waals surface area contributed by atoms with Gasteiger partial charge in [0.1, 0.15) is 0 Å². The van der Waals surface area contributed by atoms with E-state index >= 15 is 0 Å². The minimum atomic E-state index is -0.133. The van der Waals surface area contributed by atoms with Crippen LogP contribution in [-0.4, -0.2) is 22.4 Å². The predicted octanol–water partition coefficient (Wildman–Crippen LogP) is 5.75. The molecule has 1 aromatic heterocycles. The Hall–Kier alpha value is -2.50. The molecule has 4 nitrogen and oxygen atoms in total. The Morgan fingerprint density at radius 2 is 1.80 bits per heavy atom.